The van der Waals surface area contributed by atoms with E-state index in [4.69, 9.17) is 18.6 Å². The van der Waals surface area contributed by atoms with E-state index in [-0.39, 0.29) is 28.6 Å². The van der Waals surface area contributed by atoms with Crippen molar-refractivity contribution in [2.75, 3.05) is 6.61 Å². The topological polar surface area (TPSA) is 75.0 Å². The molecule has 0 fully saturated rings. The van der Waals surface area contributed by atoms with Crippen LogP contribution in [0.15, 0.2) is 101 Å². The Hall–Kier alpha value is -5.17. The third-order valence-electron chi connectivity index (χ3n) is 6.21. The molecule has 0 bridgehead atoms. The number of hydrogen-bond donors (Lipinski definition) is 0. The first kappa shape index (κ1) is 24.2. The molecule has 0 unspecified atom stereocenters. The highest BCUT2D eigenvalue weighted by Gasteiger charge is 2.29. The fraction of sp³-hybridized carbons (Fsp3) is 0.0625. The van der Waals surface area contributed by atoms with Crippen LogP contribution in [-0.2, 0) is 0 Å². The number of furan rings is 1. The Kier molecular flexibility index (Phi) is 6.17. The molecule has 6 rings (SSSR count). The largest absolute Gasteiger partial charge is 0.494 e. The predicted octanol–water partition coefficient (Wildman–Crippen LogP) is 7.47. The first-order chi connectivity index (χ1) is 19.0. The van der Waals surface area contributed by atoms with E-state index in [9.17, 15) is 14.0 Å². The fourth-order valence-electron chi connectivity index (χ4n) is 4.47. The lowest BCUT2D eigenvalue weighted by Gasteiger charge is -2.07. The van der Waals surface area contributed by atoms with Crippen LogP contribution in [0.4, 0.5) is 4.39 Å². The van der Waals surface area contributed by atoms with E-state index >= 15 is 0 Å². The number of ketones is 1. The van der Waals surface area contributed by atoms with E-state index in [0.29, 0.717) is 45.8 Å². The highest BCUT2D eigenvalue weighted by Crippen LogP contribution is 2.38. The maximum Gasteiger partial charge on any atom is 0.348 e. The third kappa shape index (κ3) is 4.66. The molecule has 1 aliphatic heterocycles. The summed E-state index contributed by atoms with van der Waals surface area (Å²) in [4.78, 5) is 26.4. The van der Waals surface area contributed by atoms with Gasteiger partial charge < -0.3 is 18.6 Å². The van der Waals surface area contributed by atoms with Gasteiger partial charge >= 0.3 is 5.97 Å². The summed E-state index contributed by atoms with van der Waals surface area (Å²) < 4.78 is 36.8. The van der Waals surface area contributed by atoms with Crippen molar-refractivity contribution in [3.8, 4) is 28.6 Å². The lowest BCUT2D eigenvalue weighted by atomic mass is 10.1. The van der Waals surface area contributed by atoms with Crippen LogP contribution in [0.1, 0.15) is 33.2 Å². The zero-order valence-corrected chi connectivity index (χ0v) is 20.8. The van der Waals surface area contributed by atoms with Gasteiger partial charge in [0.15, 0.2) is 5.76 Å². The summed E-state index contributed by atoms with van der Waals surface area (Å²) in [7, 11) is 0. The van der Waals surface area contributed by atoms with Crippen LogP contribution < -0.4 is 14.2 Å². The van der Waals surface area contributed by atoms with Crippen molar-refractivity contribution in [3.05, 3.63) is 119 Å². The van der Waals surface area contributed by atoms with Crippen molar-refractivity contribution in [1.29, 1.82) is 0 Å². The number of carbonyl (C=O) groups is 2. The van der Waals surface area contributed by atoms with Gasteiger partial charge in [-0.2, -0.15) is 0 Å². The van der Waals surface area contributed by atoms with Gasteiger partial charge in [0.2, 0.25) is 5.78 Å². The molecule has 1 aliphatic rings. The molecule has 0 radical (unpaired) electrons. The third-order valence-corrected chi connectivity index (χ3v) is 6.21. The number of benzene rings is 4. The standard InChI is InChI=1S/C32H21FO6/c1-2-36-22-12-14-26-25(17-22)29(31(39-26)20-8-4-3-5-9-20)32(35)37-23-11-13-24-27(18-23)38-28(30(24)34)16-19-7-6-10-21(33)15-19/h3-18H,2H2,1H3/b28-16-. The molecule has 2 heterocycles. The highest BCUT2D eigenvalue weighted by atomic mass is 19.1. The van der Waals surface area contributed by atoms with E-state index in [1.165, 1.54) is 36.4 Å². The molecule has 0 saturated heterocycles. The Labute approximate surface area is 222 Å². The van der Waals surface area contributed by atoms with Crippen LogP contribution in [0.3, 0.4) is 0 Å². The second-order valence-corrected chi connectivity index (χ2v) is 8.81. The molecule has 0 saturated carbocycles. The molecule has 7 heteroatoms. The molecule has 0 spiro atoms. The number of Topliss-reactive ketones (excluding diaryl/α,β-unsaturated/α-hetero) is 1. The molecule has 1 aromatic heterocycles. The molecule has 6 nitrogen and oxygen atoms in total. The van der Waals surface area contributed by atoms with Crippen molar-refractivity contribution in [2.24, 2.45) is 0 Å². The second kappa shape index (κ2) is 9.95. The van der Waals surface area contributed by atoms with Crippen LogP contribution in [0.5, 0.6) is 17.2 Å². The molecule has 0 atom stereocenters. The molecule has 0 amide bonds. The average Bonchev–Trinajstić information content (AvgIpc) is 3.46. The van der Waals surface area contributed by atoms with E-state index in [2.05, 4.69) is 0 Å². The van der Waals surface area contributed by atoms with Gasteiger partial charge in [0.1, 0.15) is 40.0 Å². The Bertz CT molecular complexity index is 1770. The van der Waals surface area contributed by atoms with Crippen LogP contribution in [-0.4, -0.2) is 18.4 Å². The number of ether oxygens (including phenoxy) is 3. The number of fused-ring (bicyclic) bond motifs is 2. The maximum atomic E-state index is 13.6. The minimum atomic E-state index is -0.638. The van der Waals surface area contributed by atoms with E-state index in [1.807, 2.05) is 37.3 Å². The lowest BCUT2D eigenvalue weighted by molar-refractivity contribution is 0.0736. The first-order valence-electron chi connectivity index (χ1n) is 12.3. The number of allylic oxidation sites excluding steroid dienone is 1. The zero-order chi connectivity index (χ0) is 26.9. The lowest BCUT2D eigenvalue weighted by Crippen LogP contribution is -2.09. The number of halogens is 1. The zero-order valence-electron chi connectivity index (χ0n) is 20.8. The maximum absolute atomic E-state index is 13.6. The summed E-state index contributed by atoms with van der Waals surface area (Å²) in [6.07, 6.45) is 1.47. The number of carbonyl (C=O) groups excluding carboxylic acids is 2. The summed E-state index contributed by atoms with van der Waals surface area (Å²) >= 11 is 0. The van der Waals surface area contributed by atoms with Gasteiger partial charge in [0.25, 0.3) is 0 Å². The number of hydrogen-bond acceptors (Lipinski definition) is 6. The quantitative estimate of drug-likeness (QED) is 0.131. The SMILES string of the molecule is CCOc1ccc2oc(-c3ccccc3)c(C(=O)Oc3ccc4c(c3)O/C(=C\c3cccc(F)c3)C4=O)c2c1. The molecule has 39 heavy (non-hydrogen) atoms. The Balaban J connectivity index is 1.34. The minimum absolute atomic E-state index is 0.0507. The molecule has 0 N–H and O–H groups in total. The van der Waals surface area contributed by atoms with Crippen LogP contribution in [0.25, 0.3) is 28.4 Å². The van der Waals surface area contributed by atoms with Crippen molar-refractivity contribution < 1.29 is 32.6 Å². The Morgan fingerprint density at radius 1 is 0.923 bits per heavy atom. The summed E-state index contributed by atoms with van der Waals surface area (Å²) in [5.41, 5.74) is 2.29. The molecular formula is C32H21FO6. The first-order valence-corrected chi connectivity index (χ1v) is 12.3. The molecular weight excluding hydrogens is 499 g/mol. The number of esters is 1. The summed E-state index contributed by atoms with van der Waals surface area (Å²) in [6, 6.07) is 24.9. The molecule has 0 aliphatic carbocycles. The summed E-state index contributed by atoms with van der Waals surface area (Å²) in [6.45, 7) is 2.35. The van der Waals surface area contributed by atoms with Crippen molar-refractivity contribution in [2.45, 2.75) is 6.92 Å². The van der Waals surface area contributed by atoms with Crippen molar-refractivity contribution in [3.63, 3.8) is 0 Å². The Morgan fingerprint density at radius 3 is 2.54 bits per heavy atom. The van der Waals surface area contributed by atoms with E-state index in [1.54, 1.807) is 30.3 Å². The van der Waals surface area contributed by atoms with Crippen LogP contribution in [0, 0.1) is 5.82 Å². The number of rotatable bonds is 6. The van der Waals surface area contributed by atoms with Gasteiger partial charge in [-0.3, -0.25) is 4.79 Å². The molecule has 192 valence electrons. The van der Waals surface area contributed by atoms with Gasteiger partial charge in [-0.1, -0.05) is 42.5 Å². The van der Waals surface area contributed by atoms with Crippen molar-refractivity contribution >= 4 is 28.8 Å². The van der Waals surface area contributed by atoms with Gasteiger partial charge in [-0.25, -0.2) is 9.18 Å². The van der Waals surface area contributed by atoms with Gasteiger partial charge in [0, 0.05) is 17.0 Å². The Morgan fingerprint density at radius 2 is 1.74 bits per heavy atom. The van der Waals surface area contributed by atoms with Crippen LogP contribution >= 0.6 is 0 Å². The van der Waals surface area contributed by atoms with Gasteiger partial charge in [-0.05, 0) is 61.0 Å². The molecule has 5 aromatic rings. The normalized spacial score (nSPS) is 13.4. The summed E-state index contributed by atoms with van der Waals surface area (Å²) in [5.74, 6) is 0.0496. The van der Waals surface area contributed by atoms with Crippen molar-refractivity contribution in [1.82, 2.24) is 0 Å². The van der Waals surface area contributed by atoms with Gasteiger partial charge in [-0.15, -0.1) is 0 Å². The predicted molar refractivity (Wildman–Crippen MR) is 144 cm³/mol. The smallest absolute Gasteiger partial charge is 0.348 e. The van der Waals surface area contributed by atoms with E-state index in [0.717, 1.165) is 0 Å². The fourth-order valence-corrected chi connectivity index (χ4v) is 4.47. The second-order valence-electron chi connectivity index (χ2n) is 8.81. The summed E-state index contributed by atoms with van der Waals surface area (Å²) in [5, 5.41) is 0.553. The van der Waals surface area contributed by atoms with E-state index < -0.39 is 11.8 Å². The highest BCUT2D eigenvalue weighted by molar-refractivity contribution is 6.15. The minimum Gasteiger partial charge on any atom is -0.494 e. The van der Waals surface area contributed by atoms with Gasteiger partial charge in [0.05, 0.1) is 12.2 Å². The van der Waals surface area contributed by atoms with Crippen LogP contribution in [0.2, 0.25) is 0 Å². The monoisotopic (exact) mass is 520 g/mol. The molecule has 4 aromatic carbocycles. The average molecular weight is 521 g/mol.